The summed E-state index contributed by atoms with van der Waals surface area (Å²) in [4.78, 5) is 8.23. The van der Waals surface area contributed by atoms with Gasteiger partial charge >= 0.3 is 6.18 Å². The maximum Gasteiger partial charge on any atom is 0.417 e. The summed E-state index contributed by atoms with van der Waals surface area (Å²) in [6.45, 7) is 0. The minimum Gasteiger partial charge on any atom is -0.439 e. The normalized spacial score (nSPS) is 11.5. The Kier molecular flexibility index (Phi) is 5.60. The number of hydrogen-bond acceptors (Lipinski definition) is 4. The predicted molar refractivity (Wildman–Crippen MR) is 111 cm³/mol. The van der Waals surface area contributed by atoms with Crippen molar-refractivity contribution >= 4 is 23.2 Å². The predicted octanol–water partition coefficient (Wildman–Crippen LogP) is 6.66. The Balaban J connectivity index is 1.59. The highest BCUT2D eigenvalue weighted by atomic mass is 35.5. The molecule has 0 unspecified atom stereocenters. The fourth-order valence-corrected chi connectivity index (χ4v) is 3.32. The first-order valence-electron chi connectivity index (χ1n) is 8.89. The fourth-order valence-electron chi connectivity index (χ4n) is 2.85. The van der Waals surface area contributed by atoms with Crippen LogP contribution in [0.3, 0.4) is 0 Å². The lowest BCUT2D eigenvalue weighted by molar-refractivity contribution is -0.137. The highest BCUT2D eigenvalue weighted by molar-refractivity contribution is 6.33. The van der Waals surface area contributed by atoms with E-state index in [2.05, 4.69) is 15.1 Å². The minimum absolute atomic E-state index is 0.0106. The zero-order valence-corrected chi connectivity index (χ0v) is 17.4. The van der Waals surface area contributed by atoms with E-state index in [4.69, 9.17) is 27.9 Å². The second-order valence-electron chi connectivity index (χ2n) is 6.49. The molecule has 4 aromatic rings. The quantitative estimate of drug-likeness (QED) is 0.338. The number of pyridine rings is 1. The minimum atomic E-state index is -4.46. The molecule has 31 heavy (non-hydrogen) atoms. The van der Waals surface area contributed by atoms with Gasteiger partial charge in [-0.25, -0.2) is 14.6 Å². The summed E-state index contributed by atoms with van der Waals surface area (Å²) in [5.41, 5.74) is 0.433. The Morgan fingerprint density at radius 2 is 1.71 bits per heavy atom. The summed E-state index contributed by atoms with van der Waals surface area (Å²) in [5.74, 6) is 1.29. The molecule has 0 amide bonds. The van der Waals surface area contributed by atoms with Crippen LogP contribution in [0.15, 0.2) is 60.8 Å². The topological polar surface area (TPSA) is 52.8 Å². The van der Waals surface area contributed by atoms with Gasteiger partial charge in [0.1, 0.15) is 5.75 Å². The molecule has 4 rings (SSSR count). The molecule has 5 nitrogen and oxygen atoms in total. The number of nitrogens with zero attached hydrogens (tertiary/aromatic N) is 4. The van der Waals surface area contributed by atoms with Crippen molar-refractivity contribution in [3.63, 3.8) is 0 Å². The van der Waals surface area contributed by atoms with Crippen LogP contribution >= 0.6 is 23.2 Å². The molecule has 2 heterocycles. The smallest absolute Gasteiger partial charge is 0.417 e. The van der Waals surface area contributed by atoms with Crippen molar-refractivity contribution in [2.24, 2.45) is 7.05 Å². The molecule has 0 aliphatic heterocycles. The first-order chi connectivity index (χ1) is 14.7. The van der Waals surface area contributed by atoms with Gasteiger partial charge < -0.3 is 4.74 Å². The van der Waals surface area contributed by atoms with Gasteiger partial charge in [-0.3, -0.25) is 0 Å². The second-order valence-corrected chi connectivity index (χ2v) is 7.30. The van der Waals surface area contributed by atoms with Crippen molar-refractivity contribution in [1.82, 2.24) is 19.7 Å². The van der Waals surface area contributed by atoms with Gasteiger partial charge in [0.2, 0.25) is 5.88 Å². The SMILES string of the molecule is Cn1nc(-c2ccccc2Cl)nc1-c1ccc(Oc2ccc(C(F)(F)F)cn2)cc1Cl. The number of rotatable bonds is 4. The van der Waals surface area contributed by atoms with Crippen LogP contribution in [0.4, 0.5) is 13.2 Å². The third-order valence-corrected chi connectivity index (χ3v) is 4.99. The van der Waals surface area contributed by atoms with E-state index in [0.29, 0.717) is 44.8 Å². The fraction of sp³-hybridized carbons (Fsp3) is 0.0952. The van der Waals surface area contributed by atoms with Crippen LogP contribution in [0.2, 0.25) is 10.0 Å². The third-order valence-electron chi connectivity index (χ3n) is 4.35. The van der Waals surface area contributed by atoms with E-state index < -0.39 is 11.7 Å². The number of halogens is 5. The van der Waals surface area contributed by atoms with Gasteiger partial charge in [0.25, 0.3) is 0 Å². The number of ether oxygens (including phenoxy) is 1. The molecule has 158 valence electrons. The molecule has 0 bridgehead atoms. The molecule has 0 saturated carbocycles. The van der Waals surface area contributed by atoms with Gasteiger partial charge in [0.15, 0.2) is 11.6 Å². The molecular weight excluding hydrogens is 452 g/mol. The van der Waals surface area contributed by atoms with Crippen LogP contribution in [0.25, 0.3) is 22.8 Å². The number of benzene rings is 2. The molecule has 0 fully saturated rings. The third kappa shape index (κ3) is 4.50. The van der Waals surface area contributed by atoms with Gasteiger partial charge in [-0.05, 0) is 30.3 Å². The van der Waals surface area contributed by atoms with E-state index in [1.54, 1.807) is 29.9 Å². The molecule has 0 spiro atoms. The van der Waals surface area contributed by atoms with E-state index in [1.165, 1.54) is 6.07 Å². The van der Waals surface area contributed by atoms with Gasteiger partial charge in [-0.1, -0.05) is 35.3 Å². The largest absolute Gasteiger partial charge is 0.439 e. The highest BCUT2D eigenvalue weighted by Gasteiger charge is 2.30. The zero-order valence-electron chi connectivity index (χ0n) is 15.9. The molecule has 0 atom stereocenters. The van der Waals surface area contributed by atoms with Gasteiger partial charge in [-0.2, -0.15) is 18.3 Å². The lowest BCUT2D eigenvalue weighted by Gasteiger charge is -2.09. The average Bonchev–Trinajstić information content (AvgIpc) is 3.09. The molecular formula is C21H13Cl2F3N4O. The lowest BCUT2D eigenvalue weighted by Crippen LogP contribution is -2.05. The molecule has 2 aromatic carbocycles. The summed E-state index contributed by atoms with van der Waals surface area (Å²) in [6.07, 6.45) is -3.75. The highest BCUT2D eigenvalue weighted by Crippen LogP contribution is 2.34. The van der Waals surface area contributed by atoms with Crippen LogP contribution in [0.5, 0.6) is 11.6 Å². The Labute approximate surface area is 185 Å². The zero-order chi connectivity index (χ0) is 22.2. The Morgan fingerprint density at radius 3 is 2.35 bits per heavy atom. The monoisotopic (exact) mass is 464 g/mol. The maximum atomic E-state index is 12.7. The van der Waals surface area contributed by atoms with Crippen LogP contribution in [0, 0.1) is 0 Å². The number of alkyl halides is 3. The first kappa shape index (κ1) is 21.1. The Bertz CT molecular complexity index is 1240. The molecule has 0 N–H and O–H groups in total. The summed E-state index contributed by atoms with van der Waals surface area (Å²) in [5, 5.41) is 5.26. The Morgan fingerprint density at radius 1 is 0.935 bits per heavy atom. The van der Waals surface area contributed by atoms with Crippen molar-refractivity contribution in [2.45, 2.75) is 6.18 Å². The van der Waals surface area contributed by atoms with Gasteiger partial charge in [-0.15, -0.1) is 0 Å². The van der Waals surface area contributed by atoms with Crippen molar-refractivity contribution in [1.29, 1.82) is 0 Å². The average molecular weight is 465 g/mol. The van der Waals surface area contributed by atoms with Gasteiger partial charge in [0, 0.05) is 36.5 Å². The molecule has 10 heteroatoms. The van der Waals surface area contributed by atoms with Crippen LogP contribution in [0.1, 0.15) is 5.56 Å². The first-order valence-corrected chi connectivity index (χ1v) is 9.65. The standard InChI is InChI=1S/C21H13Cl2F3N4O/c1-30-20(28-19(29-30)14-4-2-3-5-16(14)22)15-8-7-13(10-17(15)23)31-18-9-6-12(11-27-18)21(24,25)26/h2-11H,1H3. The van der Waals surface area contributed by atoms with Crippen molar-refractivity contribution in [3.8, 4) is 34.4 Å². The Hall–Kier alpha value is -3.10. The number of aryl methyl sites for hydroxylation is 1. The summed E-state index contributed by atoms with van der Waals surface area (Å²) in [7, 11) is 1.73. The van der Waals surface area contributed by atoms with Gasteiger partial charge in [0.05, 0.1) is 15.6 Å². The molecule has 2 aromatic heterocycles. The van der Waals surface area contributed by atoms with Crippen molar-refractivity contribution in [2.75, 3.05) is 0 Å². The van der Waals surface area contributed by atoms with Crippen molar-refractivity contribution < 1.29 is 17.9 Å². The van der Waals surface area contributed by atoms with Crippen LogP contribution in [-0.4, -0.2) is 19.7 Å². The van der Waals surface area contributed by atoms with E-state index in [0.717, 1.165) is 12.1 Å². The second kappa shape index (κ2) is 8.20. The van der Waals surface area contributed by atoms with E-state index in [-0.39, 0.29) is 5.88 Å². The summed E-state index contributed by atoms with van der Waals surface area (Å²) < 4.78 is 45.0. The molecule has 0 saturated heterocycles. The van der Waals surface area contributed by atoms with Crippen LogP contribution in [-0.2, 0) is 13.2 Å². The van der Waals surface area contributed by atoms with Crippen molar-refractivity contribution in [3.05, 3.63) is 76.4 Å². The molecule has 0 aliphatic rings. The van der Waals surface area contributed by atoms with E-state index in [1.807, 2.05) is 18.2 Å². The summed E-state index contributed by atoms with van der Waals surface area (Å²) >= 11 is 12.6. The van der Waals surface area contributed by atoms with Crippen LogP contribution < -0.4 is 4.74 Å². The number of hydrogen-bond donors (Lipinski definition) is 0. The van der Waals surface area contributed by atoms with E-state index in [9.17, 15) is 13.2 Å². The number of aromatic nitrogens is 4. The lowest BCUT2D eigenvalue weighted by atomic mass is 10.2. The molecule has 0 radical (unpaired) electrons. The molecule has 0 aliphatic carbocycles. The maximum absolute atomic E-state index is 12.7. The van der Waals surface area contributed by atoms with E-state index >= 15 is 0 Å². The summed E-state index contributed by atoms with van der Waals surface area (Å²) in [6, 6.07) is 14.1.